The average molecular weight is 344 g/mol. The van der Waals surface area contributed by atoms with Gasteiger partial charge in [-0.1, -0.05) is 41.9 Å². The molecule has 2 aromatic carbocycles. The second kappa shape index (κ2) is 7.49. The van der Waals surface area contributed by atoms with E-state index in [-0.39, 0.29) is 0 Å². The van der Waals surface area contributed by atoms with E-state index in [2.05, 4.69) is 40.6 Å². The Balaban J connectivity index is 1.86. The Bertz CT molecular complexity index is 718. The van der Waals surface area contributed by atoms with Crippen LogP contribution >= 0.6 is 11.6 Å². The second-order valence-electron chi connectivity index (χ2n) is 5.95. The molecule has 0 saturated heterocycles. The van der Waals surface area contributed by atoms with Crippen molar-refractivity contribution in [2.75, 3.05) is 25.1 Å². The number of hydrogen-bond acceptors (Lipinski definition) is 4. The molecule has 0 saturated carbocycles. The van der Waals surface area contributed by atoms with Crippen LogP contribution in [0.3, 0.4) is 0 Å². The predicted octanol–water partition coefficient (Wildman–Crippen LogP) is 3.37. The van der Waals surface area contributed by atoms with E-state index in [4.69, 9.17) is 22.1 Å². The molecule has 126 valence electrons. The van der Waals surface area contributed by atoms with E-state index < -0.39 is 0 Å². The van der Waals surface area contributed by atoms with Gasteiger partial charge in [0.05, 0.1) is 18.0 Å². The van der Waals surface area contributed by atoms with Gasteiger partial charge in [-0.15, -0.1) is 0 Å². The fourth-order valence-electron chi connectivity index (χ4n) is 2.93. The number of nitrogens with two attached hydrogens (primary N) is 1. The van der Waals surface area contributed by atoms with Crippen LogP contribution in [-0.2, 0) is 6.54 Å². The quantitative estimate of drug-likeness (QED) is 0.844. The molecule has 0 bridgehead atoms. The number of nitrogens with one attached hydrogen (secondary N) is 1. The van der Waals surface area contributed by atoms with E-state index >= 15 is 0 Å². The number of hydrogen-bond donors (Lipinski definition) is 2. The lowest BCUT2D eigenvalue weighted by atomic mass is 10.1. The van der Waals surface area contributed by atoms with E-state index in [1.54, 1.807) is 7.11 Å². The molecular weight excluding hydrogens is 322 g/mol. The summed E-state index contributed by atoms with van der Waals surface area (Å²) in [6, 6.07) is 16.3. The highest BCUT2D eigenvalue weighted by molar-refractivity contribution is 6.32. The number of halogens is 1. The molecule has 1 aliphatic heterocycles. The Hall–Kier alpha value is -2.33. The van der Waals surface area contributed by atoms with E-state index in [1.165, 1.54) is 5.56 Å². The van der Waals surface area contributed by atoms with Crippen molar-refractivity contribution in [1.82, 2.24) is 5.32 Å². The first-order valence-electron chi connectivity index (χ1n) is 7.99. The van der Waals surface area contributed by atoms with Crippen molar-refractivity contribution >= 4 is 17.3 Å². The maximum absolute atomic E-state index is 6.17. The predicted molar refractivity (Wildman–Crippen MR) is 99.3 cm³/mol. The number of methoxy groups -OCH3 is 1. The molecule has 4 nitrogen and oxygen atoms in total. The zero-order chi connectivity index (χ0) is 16.9. The van der Waals surface area contributed by atoms with Gasteiger partial charge in [-0.25, -0.2) is 0 Å². The molecular formula is C19H22ClN3O. The minimum Gasteiger partial charge on any atom is -0.495 e. The first-order chi connectivity index (χ1) is 11.7. The van der Waals surface area contributed by atoms with Crippen LogP contribution in [0.15, 0.2) is 60.4 Å². The molecule has 0 radical (unpaired) electrons. The van der Waals surface area contributed by atoms with Gasteiger partial charge in [0.2, 0.25) is 0 Å². The Morgan fingerprint density at radius 3 is 2.71 bits per heavy atom. The number of rotatable bonds is 6. The van der Waals surface area contributed by atoms with Crippen molar-refractivity contribution in [3.63, 3.8) is 0 Å². The fourth-order valence-corrected chi connectivity index (χ4v) is 3.13. The second-order valence-corrected chi connectivity index (χ2v) is 6.36. The summed E-state index contributed by atoms with van der Waals surface area (Å²) in [5, 5.41) is 3.81. The van der Waals surface area contributed by atoms with Gasteiger partial charge in [0, 0.05) is 37.3 Å². The molecule has 2 aromatic rings. The van der Waals surface area contributed by atoms with Gasteiger partial charge in [-0.2, -0.15) is 0 Å². The van der Waals surface area contributed by atoms with Gasteiger partial charge in [-0.3, -0.25) is 0 Å². The minimum absolute atomic E-state index is 0.371. The molecule has 0 amide bonds. The van der Waals surface area contributed by atoms with Crippen molar-refractivity contribution in [2.24, 2.45) is 11.7 Å². The lowest BCUT2D eigenvalue weighted by Crippen LogP contribution is -2.30. The number of anilines is 1. The van der Waals surface area contributed by atoms with Gasteiger partial charge >= 0.3 is 0 Å². The summed E-state index contributed by atoms with van der Waals surface area (Å²) in [7, 11) is 1.64. The highest BCUT2D eigenvalue weighted by atomic mass is 35.5. The Morgan fingerprint density at radius 2 is 2.04 bits per heavy atom. The van der Waals surface area contributed by atoms with Crippen LogP contribution in [0.2, 0.25) is 5.02 Å². The summed E-state index contributed by atoms with van der Waals surface area (Å²) >= 11 is 6.17. The lowest BCUT2D eigenvalue weighted by Gasteiger charge is -2.28. The normalized spacial score (nSPS) is 16.4. The molecule has 1 aliphatic rings. The van der Waals surface area contributed by atoms with Gasteiger partial charge in [0.1, 0.15) is 5.75 Å². The highest BCUT2D eigenvalue weighted by Crippen LogP contribution is 2.30. The molecule has 0 fully saturated rings. The van der Waals surface area contributed by atoms with Crippen molar-refractivity contribution in [2.45, 2.75) is 6.54 Å². The van der Waals surface area contributed by atoms with Crippen LogP contribution in [0.4, 0.5) is 5.69 Å². The van der Waals surface area contributed by atoms with Gasteiger partial charge in [0.25, 0.3) is 0 Å². The minimum atomic E-state index is 0.371. The molecule has 0 unspecified atom stereocenters. The molecule has 3 N–H and O–H groups in total. The van der Waals surface area contributed by atoms with Crippen LogP contribution in [0.1, 0.15) is 5.56 Å². The smallest absolute Gasteiger partial charge is 0.139 e. The van der Waals surface area contributed by atoms with Crippen LogP contribution in [-0.4, -0.2) is 20.2 Å². The molecule has 24 heavy (non-hydrogen) atoms. The summed E-state index contributed by atoms with van der Waals surface area (Å²) in [6.07, 6.45) is 2.09. The van der Waals surface area contributed by atoms with Crippen molar-refractivity contribution in [1.29, 1.82) is 0 Å². The molecule has 3 rings (SSSR count). The van der Waals surface area contributed by atoms with Gasteiger partial charge in [-0.05, 0) is 23.8 Å². The molecule has 0 aliphatic carbocycles. The van der Waals surface area contributed by atoms with Crippen LogP contribution < -0.4 is 20.7 Å². The lowest BCUT2D eigenvalue weighted by molar-refractivity contribution is 0.415. The first kappa shape index (κ1) is 16.5. The van der Waals surface area contributed by atoms with Gasteiger partial charge in [0.15, 0.2) is 0 Å². The summed E-state index contributed by atoms with van der Waals surface area (Å²) in [4.78, 5) is 2.33. The van der Waals surface area contributed by atoms with Crippen LogP contribution in [0.5, 0.6) is 5.75 Å². The van der Waals surface area contributed by atoms with E-state index in [0.717, 1.165) is 31.1 Å². The van der Waals surface area contributed by atoms with Crippen LogP contribution in [0.25, 0.3) is 0 Å². The van der Waals surface area contributed by atoms with E-state index in [9.17, 15) is 0 Å². The van der Waals surface area contributed by atoms with Crippen molar-refractivity contribution in [3.05, 3.63) is 71.0 Å². The molecule has 0 aromatic heterocycles. The third kappa shape index (κ3) is 3.95. The van der Waals surface area contributed by atoms with Crippen molar-refractivity contribution in [3.8, 4) is 5.75 Å². The average Bonchev–Trinajstić information content (AvgIpc) is 3.01. The largest absolute Gasteiger partial charge is 0.495 e. The molecule has 5 heteroatoms. The monoisotopic (exact) mass is 343 g/mol. The molecule has 0 spiro atoms. The van der Waals surface area contributed by atoms with Crippen LogP contribution in [0, 0.1) is 5.92 Å². The molecule has 1 atom stereocenters. The van der Waals surface area contributed by atoms with E-state index in [0.29, 0.717) is 16.7 Å². The topological polar surface area (TPSA) is 50.5 Å². The number of benzene rings is 2. The maximum atomic E-state index is 6.17. The first-order valence-corrected chi connectivity index (χ1v) is 8.37. The zero-order valence-electron chi connectivity index (χ0n) is 13.7. The third-order valence-corrected chi connectivity index (χ3v) is 4.47. The van der Waals surface area contributed by atoms with Gasteiger partial charge < -0.3 is 20.7 Å². The summed E-state index contributed by atoms with van der Waals surface area (Å²) in [5.41, 5.74) is 8.19. The zero-order valence-corrected chi connectivity index (χ0v) is 14.5. The van der Waals surface area contributed by atoms with E-state index in [1.807, 2.05) is 24.3 Å². The maximum Gasteiger partial charge on any atom is 0.139 e. The fraction of sp³-hybridized carbons (Fsp3) is 0.263. The number of ether oxygens (including phenoxy) is 1. The van der Waals surface area contributed by atoms with Crippen molar-refractivity contribution < 1.29 is 4.74 Å². The SMILES string of the molecule is COc1cc(N(Cc2ccccc2)C[C@H]2C=C(N)NC2)ccc1Cl. The Morgan fingerprint density at radius 1 is 1.25 bits per heavy atom. The highest BCUT2D eigenvalue weighted by Gasteiger charge is 2.19. The standard InChI is InChI=1S/C19H22ClN3O/c1-24-18-10-16(7-8-17(18)20)23(12-14-5-3-2-4-6-14)13-15-9-19(21)22-11-15/h2-10,15,22H,11-13,21H2,1H3/t15-/m0/s1. The molecule has 1 heterocycles. The third-order valence-electron chi connectivity index (χ3n) is 4.15. The number of nitrogens with zero attached hydrogens (tertiary/aromatic N) is 1. The summed E-state index contributed by atoms with van der Waals surface area (Å²) in [5.74, 6) is 1.82. The Kier molecular flexibility index (Phi) is 5.16. The Labute approximate surface area is 147 Å². The summed E-state index contributed by atoms with van der Waals surface area (Å²) in [6.45, 7) is 2.55. The summed E-state index contributed by atoms with van der Waals surface area (Å²) < 4.78 is 5.37.